The van der Waals surface area contributed by atoms with Crippen LogP contribution >= 0.6 is 8.60 Å². The van der Waals surface area contributed by atoms with Crippen molar-refractivity contribution in [1.82, 2.24) is 0 Å². The summed E-state index contributed by atoms with van der Waals surface area (Å²) in [4.78, 5) is 0. The van der Waals surface area contributed by atoms with Gasteiger partial charge in [-0.25, -0.2) is 0 Å². The van der Waals surface area contributed by atoms with E-state index in [1.165, 1.54) is 99.7 Å². The van der Waals surface area contributed by atoms with Crippen molar-refractivity contribution in [3.63, 3.8) is 0 Å². The molecule has 0 radical (unpaired) electrons. The van der Waals surface area contributed by atoms with Gasteiger partial charge in [0.25, 0.3) is 8.60 Å². The highest BCUT2D eigenvalue weighted by Gasteiger charge is 2.44. The molecular weight excluding hydrogens is 464 g/mol. The Morgan fingerprint density at radius 2 is 0.656 bits per heavy atom. The SMILES string of the molecule is CCC[Si](C)(CCC)OP(O[Si](CCC)(CCC)CCC)O[Si](CCC)(CCC)CCC. The highest BCUT2D eigenvalue weighted by molar-refractivity contribution is 7.47. The third-order valence-corrected chi connectivity index (χ3v) is 24.9. The first-order chi connectivity index (χ1) is 15.3. The summed E-state index contributed by atoms with van der Waals surface area (Å²) in [6.45, 7) is 21.1. The van der Waals surface area contributed by atoms with Crippen LogP contribution in [0.1, 0.15) is 107 Å². The Kier molecular flexibility index (Phi) is 18.8. The lowest BCUT2D eigenvalue weighted by molar-refractivity contribution is 0.361. The van der Waals surface area contributed by atoms with Gasteiger partial charge in [-0.2, -0.15) is 0 Å². The van der Waals surface area contributed by atoms with Crippen LogP contribution in [0.25, 0.3) is 0 Å². The Bertz CT molecular complexity index is 386. The van der Waals surface area contributed by atoms with Gasteiger partial charge in [-0.1, -0.05) is 107 Å². The van der Waals surface area contributed by atoms with Crippen LogP contribution in [0.15, 0.2) is 0 Å². The molecule has 0 fully saturated rings. The normalized spacial score (nSPS) is 13.3. The van der Waals surface area contributed by atoms with Crippen molar-refractivity contribution in [2.45, 2.75) is 162 Å². The topological polar surface area (TPSA) is 27.7 Å². The van der Waals surface area contributed by atoms with Crippen molar-refractivity contribution >= 4 is 33.6 Å². The van der Waals surface area contributed by atoms with Crippen LogP contribution in [0.4, 0.5) is 0 Å². The Morgan fingerprint density at radius 3 is 0.875 bits per heavy atom. The molecule has 0 aliphatic carbocycles. The molecule has 0 aromatic rings. The summed E-state index contributed by atoms with van der Waals surface area (Å²) in [5.41, 5.74) is 0. The maximum absolute atomic E-state index is 7.27. The predicted molar refractivity (Wildman–Crippen MR) is 154 cm³/mol. The van der Waals surface area contributed by atoms with E-state index in [0.717, 1.165) is 0 Å². The molecule has 32 heavy (non-hydrogen) atoms. The van der Waals surface area contributed by atoms with E-state index in [4.69, 9.17) is 12.6 Å². The average molecular weight is 523 g/mol. The predicted octanol–water partition coefficient (Wildman–Crippen LogP) is 11.0. The lowest BCUT2D eigenvalue weighted by Gasteiger charge is -2.41. The third kappa shape index (κ3) is 12.1. The van der Waals surface area contributed by atoms with Crippen molar-refractivity contribution in [2.24, 2.45) is 0 Å². The summed E-state index contributed by atoms with van der Waals surface area (Å²) in [5, 5.41) is 0. The molecule has 0 saturated carbocycles. The second-order valence-electron chi connectivity index (χ2n) is 10.3. The summed E-state index contributed by atoms with van der Waals surface area (Å²) >= 11 is 0. The zero-order chi connectivity index (χ0) is 24.5. The molecule has 194 valence electrons. The highest BCUT2D eigenvalue weighted by atomic mass is 31.2. The van der Waals surface area contributed by atoms with E-state index in [2.05, 4.69) is 61.9 Å². The second-order valence-corrected chi connectivity index (χ2v) is 24.6. The minimum absolute atomic E-state index is 1.20. The van der Waals surface area contributed by atoms with Crippen molar-refractivity contribution in [3.05, 3.63) is 0 Å². The van der Waals surface area contributed by atoms with Crippen LogP contribution < -0.4 is 0 Å². The summed E-state index contributed by atoms with van der Waals surface area (Å²) in [6.07, 6.45) is 9.71. The Labute approximate surface area is 207 Å². The minimum Gasteiger partial charge on any atom is -0.355 e. The fraction of sp³-hybridized carbons (Fsp3) is 1.00. The van der Waals surface area contributed by atoms with Crippen molar-refractivity contribution in [1.29, 1.82) is 0 Å². The monoisotopic (exact) mass is 522 g/mol. The number of hydrogen-bond acceptors (Lipinski definition) is 3. The van der Waals surface area contributed by atoms with Gasteiger partial charge >= 0.3 is 0 Å². The number of hydrogen-bond donors (Lipinski definition) is 0. The molecule has 0 heterocycles. The molecule has 0 rings (SSSR count). The zero-order valence-corrected chi connectivity index (χ0v) is 27.4. The van der Waals surface area contributed by atoms with Crippen LogP contribution in [0.3, 0.4) is 0 Å². The van der Waals surface area contributed by atoms with E-state index in [1.807, 2.05) is 0 Å². The molecule has 0 amide bonds. The van der Waals surface area contributed by atoms with Gasteiger partial charge in [0.1, 0.15) is 0 Å². The van der Waals surface area contributed by atoms with E-state index in [-0.39, 0.29) is 0 Å². The van der Waals surface area contributed by atoms with Crippen LogP contribution in [0.5, 0.6) is 0 Å². The van der Waals surface area contributed by atoms with Gasteiger partial charge in [-0.15, -0.1) is 0 Å². The molecule has 0 aliphatic heterocycles. The van der Waals surface area contributed by atoms with Crippen LogP contribution in [0.2, 0.25) is 54.9 Å². The van der Waals surface area contributed by atoms with Gasteiger partial charge in [0.15, 0.2) is 8.32 Å². The van der Waals surface area contributed by atoms with Gasteiger partial charge in [-0.3, -0.25) is 0 Å². The third-order valence-electron chi connectivity index (χ3n) is 6.62. The van der Waals surface area contributed by atoms with E-state index in [1.54, 1.807) is 0 Å². The first kappa shape index (κ1) is 33.0. The van der Waals surface area contributed by atoms with Crippen LogP contribution in [0, 0.1) is 0 Å². The zero-order valence-electron chi connectivity index (χ0n) is 23.5. The largest absolute Gasteiger partial charge is 0.355 e. The van der Waals surface area contributed by atoms with Crippen LogP contribution in [-0.2, 0) is 12.6 Å². The lowest BCUT2D eigenvalue weighted by Crippen LogP contribution is -2.42. The molecule has 3 nitrogen and oxygen atoms in total. The molecule has 0 N–H and O–H groups in total. The van der Waals surface area contributed by atoms with Crippen LogP contribution in [-0.4, -0.2) is 25.0 Å². The Morgan fingerprint density at radius 1 is 0.406 bits per heavy atom. The standard InChI is InChI=1S/C25H59O3PSi3/c1-10-18-30(9,19-11-2)26-29(27-31(20-12-3,21-13-4)22-14-5)28-32(23-15-6,24-16-7)25-17-8/h10-25H2,1-9H3. The van der Waals surface area contributed by atoms with E-state index in [0.29, 0.717) is 0 Å². The van der Waals surface area contributed by atoms with Crippen molar-refractivity contribution < 1.29 is 12.6 Å². The molecule has 7 heteroatoms. The molecule has 0 bridgehead atoms. The quantitative estimate of drug-likeness (QED) is 0.104. The first-order valence-electron chi connectivity index (χ1n) is 14.1. The molecule has 0 aromatic carbocycles. The molecule has 0 saturated heterocycles. The first-order valence-corrected chi connectivity index (χ1v) is 23.1. The van der Waals surface area contributed by atoms with Gasteiger partial charge < -0.3 is 12.6 Å². The minimum atomic E-state index is -1.85. The summed E-state index contributed by atoms with van der Waals surface area (Å²) in [7, 11) is -6.76. The van der Waals surface area contributed by atoms with Crippen molar-refractivity contribution in [3.8, 4) is 0 Å². The molecular formula is C25H59O3PSi3. The van der Waals surface area contributed by atoms with E-state index >= 15 is 0 Å². The maximum atomic E-state index is 7.27. The lowest BCUT2D eigenvalue weighted by atomic mass is 10.6. The fourth-order valence-electron chi connectivity index (χ4n) is 5.58. The molecule has 0 spiro atoms. The molecule has 0 atom stereocenters. The second kappa shape index (κ2) is 18.3. The fourth-order valence-corrected chi connectivity index (χ4v) is 23.3. The van der Waals surface area contributed by atoms with Gasteiger partial charge in [0, 0.05) is 0 Å². The maximum Gasteiger partial charge on any atom is 0.300 e. The van der Waals surface area contributed by atoms with Gasteiger partial charge in [0.05, 0.1) is 0 Å². The Balaban J connectivity index is 6.17. The Hall–Kier alpha value is 0.961. The van der Waals surface area contributed by atoms with Gasteiger partial charge in [-0.05, 0) is 54.9 Å². The molecule has 0 unspecified atom stereocenters. The van der Waals surface area contributed by atoms with Gasteiger partial charge in [0.2, 0.25) is 16.6 Å². The smallest absolute Gasteiger partial charge is 0.300 e. The molecule has 0 aromatic heterocycles. The summed E-state index contributed by atoms with van der Waals surface area (Å²) < 4.78 is 21.7. The average Bonchev–Trinajstić information content (AvgIpc) is 2.69. The van der Waals surface area contributed by atoms with E-state index < -0.39 is 33.6 Å². The van der Waals surface area contributed by atoms with Crippen molar-refractivity contribution in [2.75, 3.05) is 0 Å². The number of rotatable bonds is 22. The molecule has 0 aliphatic rings. The highest BCUT2D eigenvalue weighted by Crippen LogP contribution is 2.54. The van der Waals surface area contributed by atoms with E-state index in [9.17, 15) is 0 Å². The summed E-state index contributed by atoms with van der Waals surface area (Å²) in [6, 6.07) is 9.97. The summed E-state index contributed by atoms with van der Waals surface area (Å²) in [5.74, 6) is 0.